The highest BCUT2D eigenvalue weighted by Crippen LogP contribution is 2.26. The van der Waals surface area contributed by atoms with Crippen molar-refractivity contribution in [3.05, 3.63) is 84.4 Å². The summed E-state index contributed by atoms with van der Waals surface area (Å²) < 4.78 is 17.3. The van der Waals surface area contributed by atoms with Crippen LogP contribution < -0.4 is 19.5 Å². The number of ether oxygens (including phenoxy) is 3. The SMILES string of the molecule is CCCCOc1ccccc1NC(=O)c1ccccc1OCCOc1ccccc1. The molecule has 30 heavy (non-hydrogen) atoms. The van der Waals surface area contributed by atoms with Gasteiger partial charge in [0.1, 0.15) is 30.5 Å². The van der Waals surface area contributed by atoms with Gasteiger partial charge in [-0.1, -0.05) is 55.8 Å². The van der Waals surface area contributed by atoms with Crippen LogP contribution in [0.25, 0.3) is 0 Å². The summed E-state index contributed by atoms with van der Waals surface area (Å²) in [5, 5.41) is 2.94. The molecule has 3 rings (SSSR count). The largest absolute Gasteiger partial charge is 0.491 e. The minimum Gasteiger partial charge on any atom is -0.491 e. The van der Waals surface area contributed by atoms with E-state index in [9.17, 15) is 4.79 Å². The molecule has 5 heteroatoms. The van der Waals surface area contributed by atoms with Gasteiger partial charge in [-0.15, -0.1) is 0 Å². The average molecular weight is 405 g/mol. The van der Waals surface area contributed by atoms with Gasteiger partial charge in [-0.25, -0.2) is 0 Å². The molecule has 0 spiro atoms. The molecular weight excluding hydrogens is 378 g/mol. The minimum atomic E-state index is -0.249. The van der Waals surface area contributed by atoms with E-state index in [1.807, 2.05) is 66.7 Å². The lowest BCUT2D eigenvalue weighted by molar-refractivity contribution is 0.102. The maximum Gasteiger partial charge on any atom is 0.259 e. The number of nitrogens with one attached hydrogen (secondary N) is 1. The fourth-order valence-electron chi connectivity index (χ4n) is 2.82. The van der Waals surface area contributed by atoms with Crippen molar-refractivity contribution in [3.63, 3.8) is 0 Å². The van der Waals surface area contributed by atoms with Gasteiger partial charge in [-0.2, -0.15) is 0 Å². The van der Waals surface area contributed by atoms with E-state index in [0.717, 1.165) is 18.6 Å². The maximum atomic E-state index is 12.9. The first-order valence-electron chi connectivity index (χ1n) is 10.2. The van der Waals surface area contributed by atoms with Crippen LogP contribution in [0.5, 0.6) is 17.2 Å². The van der Waals surface area contributed by atoms with Crippen molar-refractivity contribution in [1.29, 1.82) is 0 Å². The third-order valence-corrected chi connectivity index (χ3v) is 4.38. The van der Waals surface area contributed by atoms with Crippen molar-refractivity contribution in [3.8, 4) is 17.2 Å². The van der Waals surface area contributed by atoms with Crippen molar-refractivity contribution < 1.29 is 19.0 Å². The zero-order chi connectivity index (χ0) is 21.0. The molecule has 0 aliphatic rings. The molecule has 3 aromatic rings. The summed E-state index contributed by atoms with van der Waals surface area (Å²) in [6.45, 7) is 3.44. The van der Waals surface area contributed by atoms with Gasteiger partial charge in [0, 0.05) is 0 Å². The normalized spacial score (nSPS) is 10.3. The number of unbranched alkanes of at least 4 members (excludes halogenated alkanes) is 1. The monoisotopic (exact) mass is 405 g/mol. The third-order valence-electron chi connectivity index (χ3n) is 4.38. The van der Waals surface area contributed by atoms with Crippen molar-refractivity contribution in [1.82, 2.24) is 0 Å². The molecule has 3 aromatic carbocycles. The van der Waals surface area contributed by atoms with E-state index in [1.54, 1.807) is 12.1 Å². The summed E-state index contributed by atoms with van der Waals surface area (Å²) in [6.07, 6.45) is 2.01. The van der Waals surface area contributed by atoms with Gasteiger partial charge in [0.05, 0.1) is 17.9 Å². The summed E-state index contributed by atoms with van der Waals surface area (Å²) in [4.78, 5) is 12.9. The highest BCUT2D eigenvalue weighted by Gasteiger charge is 2.14. The Hall–Kier alpha value is -3.47. The summed E-state index contributed by atoms with van der Waals surface area (Å²) >= 11 is 0. The summed E-state index contributed by atoms with van der Waals surface area (Å²) in [5.41, 5.74) is 1.10. The predicted molar refractivity (Wildman–Crippen MR) is 119 cm³/mol. The van der Waals surface area contributed by atoms with Crippen LogP contribution in [0.3, 0.4) is 0 Å². The Morgan fingerprint density at radius 3 is 2.17 bits per heavy atom. The number of hydrogen-bond donors (Lipinski definition) is 1. The predicted octanol–water partition coefficient (Wildman–Crippen LogP) is 5.58. The molecule has 0 heterocycles. The molecule has 5 nitrogen and oxygen atoms in total. The maximum absolute atomic E-state index is 12.9. The Morgan fingerprint density at radius 1 is 0.733 bits per heavy atom. The van der Waals surface area contributed by atoms with Gasteiger partial charge in [-0.3, -0.25) is 4.79 Å². The Labute approximate surface area is 177 Å². The van der Waals surface area contributed by atoms with Gasteiger partial charge >= 0.3 is 0 Å². The average Bonchev–Trinajstić information content (AvgIpc) is 2.79. The van der Waals surface area contributed by atoms with E-state index in [0.29, 0.717) is 42.6 Å². The van der Waals surface area contributed by atoms with E-state index in [4.69, 9.17) is 14.2 Å². The molecule has 0 bridgehead atoms. The van der Waals surface area contributed by atoms with E-state index in [1.165, 1.54) is 0 Å². The second-order valence-electron chi connectivity index (χ2n) is 6.66. The molecule has 1 N–H and O–H groups in total. The molecule has 1 amide bonds. The van der Waals surface area contributed by atoms with Crippen molar-refractivity contribution in [2.75, 3.05) is 25.1 Å². The molecule has 0 atom stereocenters. The lowest BCUT2D eigenvalue weighted by Crippen LogP contribution is -2.16. The third kappa shape index (κ3) is 6.27. The molecule has 0 unspecified atom stereocenters. The Balaban J connectivity index is 1.60. The number of carbonyl (C=O) groups is 1. The molecular formula is C25H27NO4. The number of amides is 1. The van der Waals surface area contributed by atoms with Crippen LogP contribution in [0.15, 0.2) is 78.9 Å². The number of hydrogen-bond acceptors (Lipinski definition) is 4. The van der Waals surface area contributed by atoms with E-state index < -0.39 is 0 Å². The van der Waals surface area contributed by atoms with Crippen LogP contribution in [0.2, 0.25) is 0 Å². The number of carbonyl (C=O) groups excluding carboxylic acids is 1. The number of anilines is 1. The van der Waals surface area contributed by atoms with E-state index >= 15 is 0 Å². The van der Waals surface area contributed by atoms with Crippen LogP contribution in [0, 0.1) is 0 Å². The lowest BCUT2D eigenvalue weighted by Gasteiger charge is -2.14. The van der Waals surface area contributed by atoms with Crippen LogP contribution >= 0.6 is 0 Å². The second-order valence-corrected chi connectivity index (χ2v) is 6.66. The van der Waals surface area contributed by atoms with Crippen molar-refractivity contribution >= 4 is 11.6 Å². The van der Waals surface area contributed by atoms with E-state index in [2.05, 4.69) is 12.2 Å². The quantitative estimate of drug-likeness (QED) is 0.423. The smallest absolute Gasteiger partial charge is 0.259 e. The molecule has 0 radical (unpaired) electrons. The van der Waals surface area contributed by atoms with Crippen molar-refractivity contribution in [2.45, 2.75) is 19.8 Å². The molecule has 0 saturated heterocycles. The second kappa shape index (κ2) is 11.5. The highest BCUT2D eigenvalue weighted by molar-refractivity contribution is 6.06. The fourth-order valence-corrected chi connectivity index (χ4v) is 2.82. The first kappa shape index (κ1) is 21.2. The highest BCUT2D eigenvalue weighted by atomic mass is 16.5. The first-order chi connectivity index (χ1) is 14.8. The molecule has 0 fully saturated rings. The topological polar surface area (TPSA) is 56.8 Å². The van der Waals surface area contributed by atoms with Crippen LogP contribution in [0.1, 0.15) is 30.1 Å². The standard InChI is InChI=1S/C25H27NO4/c1-2-3-17-29-24-16-10-8-14-22(24)26-25(27)21-13-7-9-15-23(21)30-19-18-28-20-11-5-4-6-12-20/h4-16H,2-3,17-19H2,1H3,(H,26,27). The first-order valence-corrected chi connectivity index (χ1v) is 10.2. The van der Waals surface area contributed by atoms with E-state index in [-0.39, 0.29) is 5.91 Å². The van der Waals surface area contributed by atoms with Gasteiger partial charge in [0.25, 0.3) is 5.91 Å². The molecule has 0 saturated carbocycles. The molecule has 0 aliphatic heterocycles. The fraction of sp³-hybridized carbons (Fsp3) is 0.240. The van der Waals surface area contributed by atoms with Gasteiger partial charge < -0.3 is 19.5 Å². The summed E-state index contributed by atoms with van der Waals surface area (Å²) in [5.74, 6) is 1.71. The Morgan fingerprint density at radius 2 is 1.37 bits per heavy atom. The molecule has 0 aromatic heterocycles. The summed E-state index contributed by atoms with van der Waals surface area (Å²) in [6, 6.07) is 24.2. The Kier molecular flexibility index (Phi) is 8.15. The van der Waals surface area contributed by atoms with Crippen LogP contribution in [-0.4, -0.2) is 25.7 Å². The Bertz CT molecular complexity index is 927. The molecule has 156 valence electrons. The van der Waals surface area contributed by atoms with Gasteiger partial charge in [0.2, 0.25) is 0 Å². The van der Waals surface area contributed by atoms with Gasteiger partial charge in [0.15, 0.2) is 0 Å². The number of benzene rings is 3. The lowest BCUT2D eigenvalue weighted by atomic mass is 10.1. The zero-order valence-corrected chi connectivity index (χ0v) is 17.2. The van der Waals surface area contributed by atoms with Crippen LogP contribution in [-0.2, 0) is 0 Å². The summed E-state index contributed by atoms with van der Waals surface area (Å²) in [7, 11) is 0. The van der Waals surface area contributed by atoms with Crippen molar-refractivity contribution in [2.24, 2.45) is 0 Å². The van der Waals surface area contributed by atoms with Crippen LogP contribution in [0.4, 0.5) is 5.69 Å². The number of rotatable bonds is 11. The zero-order valence-electron chi connectivity index (χ0n) is 17.2. The molecule has 0 aliphatic carbocycles. The minimum absolute atomic E-state index is 0.249. The number of para-hydroxylation sites is 4. The van der Waals surface area contributed by atoms with Gasteiger partial charge in [-0.05, 0) is 42.8 Å².